The number of hydrogen-bond donors (Lipinski definition) is 2. The second-order valence-corrected chi connectivity index (χ2v) is 4.31. The molecule has 0 fully saturated rings. The smallest absolute Gasteiger partial charge is 0.133 e. The van der Waals surface area contributed by atoms with Crippen LogP contribution >= 0.6 is 11.3 Å². The van der Waals surface area contributed by atoms with E-state index in [0.717, 1.165) is 17.4 Å². The summed E-state index contributed by atoms with van der Waals surface area (Å²) in [7, 11) is 0. The Bertz CT molecular complexity index is 566. The molecular weight excluding hydrogens is 208 g/mol. The van der Waals surface area contributed by atoms with Crippen molar-refractivity contribution in [2.75, 3.05) is 5.73 Å². The average molecular weight is 218 g/mol. The maximum Gasteiger partial charge on any atom is 0.133 e. The number of phenolic OH excluding ortho intramolecular Hbond substituents is 1. The summed E-state index contributed by atoms with van der Waals surface area (Å²) in [5.41, 5.74) is 7.28. The van der Waals surface area contributed by atoms with E-state index in [4.69, 9.17) is 11.0 Å². The first-order valence-corrected chi connectivity index (χ1v) is 5.43. The first-order valence-electron chi connectivity index (χ1n) is 4.62. The Morgan fingerprint density at radius 1 is 1.53 bits per heavy atom. The summed E-state index contributed by atoms with van der Waals surface area (Å²) in [6.07, 6.45) is 0.821. The van der Waals surface area contributed by atoms with Gasteiger partial charge in [-0.15, -0.1) is 11.3 Å². The average Bonchev–Trinajstić information content (AvgIpc) is 2.56. The zero-order valence-corrected chi connectivity index (χ0v) is 9.06. The van der Waals surface area contributed by atoms with E-state index in [1.54, 1.807) is 6.07 Å². The van der Waals surface area contributed by atoms with Crippen LogP contribution in [-0.4, -0.2) is 5.11 Å². The van der Waals surface area contributed by atoms with Gasteiger partial charge in [-0.1, -0.05) is 13.0 Å². The molecule has 0 unspecified atom stereocenters. The number of rotatable bonds is 1. The maximum atomic E-state index is 9.67. The minimum Gasteiger partial charge on any atom is -0.506 e. The zero-order chi connectivity index (χ0) is 11.0. The third-order valence-corrected chi connectivity index (χ3v) is 3.47. The number of benzene rings is 1. The van der Waals surface area contributed by atoms with Gasteiger partial charge in [-0.05, 0) is 18.1 Å². The largest absolute Gasteiger partial charge is 0.506 e. The first kappa shape index (κ1) is 9.81. The molecule has 0 bridgehead atoms. The van der Waals surface area contributed by atoms with Crippen LogP contribution in [0.4, 0.5) is 5.00 Å². The van der Waals surface area contributed by atoms with E-state index in [2.05, 4.69) is 6.07 Å². The van der Waals surface area contributed by atoms with Crippen LogP contribution in [0.1, 0.15) is 18.1 Å². The summed E-state index contributed by atoms with van der Waals surface area (Å²) in [6, 6.07) is 5.58. The summed E-state index contributed by atoms with van der Waals surface area (Å²) in [5.74, 6) is 0.195. The number of nitrogens with two attached hydrogens (primary N) is 1. The molecule has 2 rings (SSSR count). The van der Waals surface area contributed by atoms with Crippen molar-refractivity contribution in [2.45, 2.75) is 13.3 Å². The van der Waals surface area contributed by atoms with Crippen LogP contribution in [0.15, 0.2) is 12.1 Å². The summed E-state index contributed by atoms with van der Waals surface area (Å²) in [4.78, 5) is 0. The molecule has 4 heteroatoms. The molecule has 0 aliphatic heterocycles. The highest BCUT2D eigenvalue weighted by Crippen LogP contribution is 2.40. The Morgan fingerprint density at radius 2 is 2.27 bits per heavy atom. The van der Waals surface area contributed by atoms with E-state index >= 15 is 0 Å². The van der Waals surface area contributed by atoms with E-state index in [9.17, 15) is 5.11 Å². The number of nitrogens with zero attached hydrogens (tertiary/aromatic N) is 1. The number of fused-ring (bicyclic) bond motifs is 1. The van der Waals surface area contributed by atoms with Gasteiger partial charge in [-0.2, -0.15) is 5.26 Å². The molecule has 2 aromatic rings. The third-order valence-electron chi connectivity index (χ3n) is 2.42. The number of thiophene rings is 1. The highest BCUT2D eigenvalue weighted by molar-refractivity contribution is 7.23. The van der Waals surface area contributed by atoms with E-state index in [1.165, 1.54) is 11.3 Å². The van der Waals surface area contributed by atoms with Crippen LogP contribution in [0.25, 0.3) is 10.1 Å². The minimum atomic E-state index is 0.195. The van der Waals surface area contributed by atoms with Crippen LogP contribution < -0.4 is 5.73 Å². The van der Waals surface area contributed by atoms with E-state index in [0.29, 0.717) is 15.3 Å². The lowest BCUT2D eigenvalue weighted by atomic mass is 10.0. The molecule has 0 aliphatic rings. The van der Waals surface area contributed by atoms with Crippen LogP contribution in [0, 0.1) is 11.3 Å². The van der Waals surface area contributed by atoms with Gasteiger partial charge in [0.15, 0.2) is 0 Å². The Balaban J connectivity index is 2.97. The third kappa shape index (κ3) is 1.32. The fraction of sp³-hybridized carbons (Fsp3) is 0.182. The van der Waals surface area contributed by atoms with Crippen molar-refractivity contribution >= 4 is 26.4 Å². The molecule has 0 amide bonds. The normalized spacial score (nSPS) is 10.4. The van der Waals surface area contributed by atoms with Crippen LogP contribution in [0.2, 0.25) is 0 Å². The Morgan fingerprint density at radius 3 is 2.87 bits per heavy atom. The molecule has 0 saturated carbocycles. The van der Waals surface area contributed by atoms with Gasteiger partial charge in [0.25, 0.3) is 0 Å². The Labute approximate surface area is 91.4 Å². The standard InChI is InChI=1S/C11H10N2OS/c1-2-6-3-4-8(14)10-9(6)7(5-12)11(13)15-10/h3-4,14H,2,13H2,1H3. The number of aryl methyl sites for hydroxylation is 1. The van der Waals surface area contributed by atoms with E-state index < -0.39 is 0 Å². The molecule has 0 atom stereocenters. The number of nitriles is 1. The molecule has 3 nitrogen and oxygen atoms in total. The van der Waals surface area contributed by atoms with E-state index in [1.807, 2.05) is 13.0 Å². The molecular formula is C11H10N2OS. The number of anilines is 1. The maximum absolute atomic E-state index is 9.67. The van der Waals surface area contributed by atoms with Crippen LogP contribution in [0.5, 0.6) is 5.75 Å². The first-order chi connectivity index (χ1) is 7.19. The van der Waals surface area contributed by atoms with Crippen molar-refractivity contribution in [2.24, 2.45) is 0 Å². The van der Waals surface area contributed by atoms with Crippen LogP contribution in [-0.2, 0) is 6.42 Å². The van der Waals surface area contributed by atoms with Gasteiger partial charge >= 0.3 is 0 Å². The second kappa shape index (κ2) is 3.44. The Hall–Kier alpha value is -1.73. The van der Waals surface area contributed by atoms with Crippen LogP contribution in [0.3, 0.4) is 0 Å². The monoisotopic (exact) mass is 218 g/mol. The fourth-order valence-corrected chi connectivity index (χ4v) is 2.66. The summed E-state index contributed by atoms with van der Waals surface area (Å²) < 4.78 is 0.711. The quantitative estimate of drug-likeness (QED) is 0.773. The molecule has 1 aromatic heterocycles. The molecule has 0 spiro atoms. The van der Waals surface area contributed by atoms with E-state index in [-0.39, 0.29) is 5.75 Å². The van der Waals surface area contributed by atoms with Crippen molar-refractivity contribution in [1.82, 2.24) is 0 Å². The number of aromatic hydroxyl groups is 1. The highest BCUT2D eigenvalue weighted by atomic mass is 32.1. The molecule has 3 N–H and O–H groups in total. The van der Waals surface area contributed by atoms with Gasteiger partial charge in [0, 0.05) is 5.39 Å². The predicted octanol–water partition coefficient (Wildman–Crippen LogP) is 2.62. The molecule has 76 valence electrons. The van der Waals surface area contributed by atoms with Crippen molar-refractivity contribution in [1.29, 1.82) is 5.26 Å². The lowest BCUT2D eigenvalue weighted by Gasteiger charge is -2.01. The summed E-state index contributed by atoms with van der Waals surface area (Å²) in [5, 5.41) is 20.0. The van der Waals surface area contributed by atoms with Gasteiger partial charge < -0.3 is 10.8 Å². The van der Waals surface area contributed by atoms with Crippen molar-refractivity contribution < 1.29 is 5.11 Å². The number of phenols is 1. The number of nitrogen functional groups attached to an aromatic ring is 1. The fourth-order valence-electron chi connectivity index (χ4n) is 1.68. The SMILES string of the molecule is CCc1ccc(O)c2sc(N)c(C#N)c12. The molecule has 1 heterocycles. The van der Waals surface area contributed by atoms with Crippen molar-refractivity contribution in [3.8, 4) is 11.8 Å². The van der Waals surface area contributed by atoms with Gasteiger partial charge in [-0.25, -0.2) is 0 Å². The zero-order valence-electron chi connectivity index (χ0n) is 8.24. The second-order valence-electron chi connectivity index (χ2n) is 3.25. The highest BCUT2D eigenvalue weighted by Gasteiger charge is 2.15. The molecule has 1 aromatic carbocycles. The molecule has 15 heavy (non-hydrogen) atoms. The lowest BCUT2D eigenvalue weighted by molar-refractivity contribution is 0.482. The molecule has 0 radical (unpaired) electrons. The van der Waals surface area contributed by atoms with Gasteiger partial charge in [0.1, 0.15) is 16.8 Å². The van der Waals surface area contributed by atoms with Gasteiger partial charge in [0.05, 0.1) is 10.3 Å². The minimum absolute atomic E-state index is 0.195. The lowest BCUT2D eigenvalue weighted by Crippen LogP contribution is -1.86. The predicted molar refractivity (Wildman–Crippen MR) is 62.0 cm³/mol. The van der Waals surface area contributed by atoms with Gasteiger partial charge in [-0.3, -0.25) is 0 Å². The molecule has 0 saturated heterocycles. The van der Waals surface area contributed by atoms with Crippen molar-refractivity contribution in [3.63, 3.8) is 0 Å². The summed E-state index contributed by atoms with van der Waals surface area (Å²) >= 11 is 1.26. The summed E-state index contributed by atoms with van der Waals surface area (Å²) in [6.45, 7) is 2.01. The topological polar surface area (TPSA) is 70.0 Å². The number of hydrogen-bond acceptors (Lipinski definition) is 4. The van der Waals surface area contributed by atoms with Crippen molar-refractivity contribution in [3.05, 3.63) is 23.3 Å². The Kier molecular flexibility index (Phi) is 2.25. The van der Waals surface area contributed by atoms with Gasteiger partial charge in [0.2, 0.25) is 0 Å². The molecule has 0 aliphatic carbocycles.